The van der Waals surface area contributed by atoms with E-state index in [0.29, 0.717) is 12.5 Å². The van der Waals surface area contributed by atoms with Gasteiger partial charge in [-0.25, -0.2) is 0 Å². The van der Waals surface area contributed by atoms with Crippen LogP contribution in [-0.4, -0.2) is 44.2 Å². The normalized spacial score (nSPS) is 21.4. The Morgan fingerprint density at radius 2 is 1.84 bits per heavy atom. The number of nitrogens with one attached hydrogen (secondary N) is 3. The zero-order valence-corrected chi connectivity index (χ0v) is 16.2. The van der Waals surface area contributed by atoms with Gasteiger partial charge in [-0.05, 0) is 37.1 Å². The fraction of sp³-hybridized carbons (Fsp3) is 0.579. The molecule has 1 aromatic rings. The van der Waals surface area contributed by atoms with Crippen molar-refractivity contribution < 1.29 is 14.5 Å². The van der Waals surface area contributed by atoms with Crippen molar-refractivity contribution in [2.75, 3.05) is 31.7 Å². The van der Waals surface area contributed by atoms with E-state index in [1.54, 1.807) is 11.8 Å². The highest BCUT2D eigenvalue weighted by Crippen LogP contribution is 2.24. The molecule has 6 heteroatoms. The number of likely N-dealkylation sites (N-methyl/N-ethyl adjacent to an activating group) is 1. The molecule has 2 rings (SSSR count). The Labute approximate surface area is 154 Å². The lowest BCUT2D eigenvalue weighted by molar-refractivity contribution is -0.862. The summed E-state index contributed by atoms with van der Waals surface area (Å²) in [5.74, 6) is 0.510. The van der Waals surface area contributed by atoms with Crippen LogP contribution >= 0.6 is 11.8 Å². The molecular formula is C19H30N3O2S+. The van der Waals surface area contributed by atoms with Crippen LogP contribution in [0.5, 0.6) is 0 Å². The van der Waals surface area contributed by atoms with Gasteiger partial charge in [-0.3, -0.25) is 9.59 Å². The van der Waals surface area contributed by atoms with Crippen molar-refractivity contribution in [3.63, 3.8) is 0 Å². The highest BCUT2D eigenvalue weighted by molar-refractivity contribution is 7.98. The molecule has 0 spiro atoms. The van der Waals surface area contributed by atoms with E-state index in [1.165, 1.54) is 19.3 Å². The summed E-state index contributed by atoms with van der Waals surface area (Å²) >= 11 is 1.60. The second kappa shape index (κ2) is 9.82. The van der Waals surface area contributed by atoms with Crippen molar-refractivity contribution in [3.05, 3.63) is 24.3 Å². The minimum Gasteiger partial charge on any atom is -0.348 e. The number of thioether (sulfide) groups is 1. The number of amides is 2. The first-order valence-electron chi connectivity index (χ1n) is 9.03. The first-order valence-corrected chi connectivity index (χ1v) is 10.3. The molecule has 1 unspecified atom stereocenters. The number of carbonyl (C=O) groups is 2. The van der Waals surface area contributed by atoms with Crippen molar-refractivity contribution >= 4 is 29.3 Å². The van der Waals surface area contributed by atoms with Crippen molar-refractivity contribution in [2.45, 2.75) is 43.5 Å². The van der Waals surface area contributed by atoms with Crippen LogP contribution in [0.3, 0.4) is 0 Å². The van der Waals surface area contributed by atoms with Crippen molar-refractivity contribution in [1.82, 2.24) is 5.32 Å². The maximum Gasteiger partial charge on any atom is 0.279 e. The molecule has 0 radical (unpaired) electrons. The van der Waals surface area contributed by atoms with Gasteiger partial charge in [-0.2, -0.15) is 0 Å². The van der Waals surface area contributed by atoms with Gasteiger partial charge in [0.25, 0.3) is 11.8 Å². The fourth-order valence-electron chi connectivity index (χ4n) is 3.34. The molecule has 138 valence electrons. The molecule has 0 aliphatic heterocycles. The number of anilines is 1. The summed E-state index contributed by atoms with van der Waals surface area (Å²) in [6.07, 6.45) is 6.69. The molecular weight excluding hydrogens is 334 g/mol. The van der Waals surface area contributed by atoms with Gasteiger partial charge in [0, 0.05) is 10.9 Å². The summed E-state index contributed by atoms with van der Waals surface area (Å²) in [5.41, 5.74) is 0.827. The van der Waals surface area contributed by atoms with Gasteiger partial charge in [0.1, 0.15) is 0 Å². The predicted molar refractivity (Wildman–Crippen MR) is 103 cm³/mol. The Morgan fingerprint density at radius 3 is 2.56 bits per heavy atom. The van der Waals surface area contributed by atoms with Gasteiger partial charge in [0.2, 0.25) is 0 Å². The van der Waals surface area contributed by atoms with Crippen LogP contribution in [-0.2, 0) is 9.59 Å². The summed E-state index contributed by atoms with van der Waals surface area (Å²) < 4.78 is 0. The van der Waals surface area contributed by atoms with Crippen LogP contribution in [0.1, 0.15) is 32.6 Å². The monoisotopic (exact) mass is 364 g/mol. The van der Waals surface area contributed by atoms with Crippen LogP contribution < -0.4 is 15.5 Å². The number of carbonyl (C=O) groups excluding carboxylic acids is 2. The quantitative estimate of drug-likeness (QED) is 0.644. The third-order valence-corrected chi connectivity index (χ3v) is 5.56. The molecule has 25 heavy (non-hydrogen) atoms. The molecule has 5 nitrogen and oxygen atoms in total. The SMILES string of the molecule is CSc1ccccc1NC(=O)C[NH+](C)CC(=O)N[C@@H]1CCCC[C@@H]1C. The van der Waals surface area contributed by atoms with Gasteiger partial charge < -0.3 is 15.5 Å². The molecule has 3 atom stereocenters. The largest absolute Gasteiger partial charge is 0.348 e. The van der Waals surface area contributed by atoms with Crippen molar-refractivity contribution in [1.29, 1.82) is 0 Å². The maximum atomic E-state index is 12.2. The van der Waals surface area contributed by atoms with E-state index in [1.807, 2.05) is 37.6 Å². The summed E-state index contributed by atoms with van der Waals surface area (Å²) in [6, 6.07) is 8.03. The highest BCUT2D eigenvalue weighted by atomic mass is 32.2. The Morgan fingerprint density at radius 1 is 1.16 bits per heavy atom. The Balaban J connectivity index is 1.77. The molecule has 1 saturated carbocycles. The molecule has 1 aliphatic carbocycles. The van der Waals surface area contributed by atoms with E-state index in [9.17, 15) is 9.59 Å². The van der Waals surface area contributed by atoms with Gasteiger partial charge in [0.15, 0.2) is 13.1 Å². The molecule has 0 bridgehead atoms. The first-order chi connectivity index (χ1) is 12.0. The number of hydrogen-bond donors (Lipinski definition) is 3. The summed E-state index contributed by atoms with van der Waals surface area (Å²) in [5, 5.41) is 6.09. The first kappa shape index (κ1) is 19.8. The molecule has 1 aliphatic rings. The van der Waals surface area contributed by atoms with E-state index in [4.69, 9.17) is 0 Å². The third-order valence-electron chi connectivity index (χ3n) is 4.76. The lowest BCUT2D eigenvalue weighted by Crippen LogP contribution is -3.11. The minimum atomic E-state index is -0.0714. The average molecular weight is 365 g/mol. The van der Waals surface area contributed by atoms with Crippen LogP contribution in [0.25, 0.3) is 0 Å². The molecule has 2 amide bonds. The second-order valence-corrected chi connectivity index (χ2v) is 7.84. The molecule has 1 aromatic carbocycles. The van der Waals surface area contributed by atoms with Crippen LogP contribution in [0.2, 0.25) is 0 Å². The lowest BCUT2D eigenvalue weighted by atomic mass is 9.86. The van der Waals surface area contributed by atoms with Gasteiger partial charge >= 0.3 is 0 Å². The topological polar surface area (TPSA) is 62.6 Å². The van der Waals surface area contributed by atoms with Gasteiger partial charge in [0.05, 0.1) is 12.7 Å². The third kappa shape index (κ3) is 6.36. The molecule has 0 saturated heterocycles. The number of para-hydroxylation sites is 1. The van der Waals surface area contributed by atoms with E-state index in [-0.39, 0.29) is 24.4 Å². The average Bonchev–Trinajstić information content (AvgIpc) is 2.57. The number of hydrogen-bond acceptors (Lipinski definition) is 3. The van der Waals surface area contributed by atoms with E-state index < -0.39 is 0 Å². The predicted octanol–water partition coefficient (Wildman–Crippen LogP) is 1.56. The molecule has 1 fully saturated rings. The van der Waals surface area contributed by atoms with E-state index >= 15 is 0 Å². The fourth-order valence-corrected chi connectivity index (χ4v) is 3.90. The Bertz CT molecular complexity index is 594. The van der Waals surface area contributed by atoms with Gasteiger partial charge in [-0.15, -0.1) is 11.8 Å². The lowest BCUT2D eigenvalue weighted by Gasteiger charge is -2.29. The molecule has 0 aromatic heterocycles. The van der Waals surface area contributed by atoms with Gasteiger partial charge in [-0.1, -0.05) is 31.9 Å². The summed E-state index contributed by atoms with van der Waals surface area (Å²) in [4.78, 5) is 26.4. The van der Waals surface area contributed by atoms with E-state index in [2.05, 4.69) is 17.6 Å². The minimum absolute atomic E-state index is 0.0357. The summed E-state index contributed by atoms with van der Waals surface area (Å²) in [7, 11) is 1.88. The Kier molecular flexibility index (Phi) is 7.78. The highest BCUT2D eigenvalue weighted by Gasteiger charge is 2.24. The number of rotatable bonds is 7. The number of benzene rings is 1. The Hall–Kier alpha value is -1.53. The maximum absolute atomic E-state index is 12.2. The van der Waals surface area contributed by atoms with Crippen molar-refractivity contribution in [2.24, 2.45) is 5.92 Å². The smallest absolute Gasteiger partial charge is 0.279 e. The number of quaternary nitrogens is 1. The zero-order valence-electron chi connectivity index (χ0n) is 15.4. The van der Waals surface area contributed by atoms with Crippen molar-refractivity contribution in [3.8, 4) is 0 Å². The molecule has 0 heterocycles. The van der Waals surface area contributed by atoms with Crippen LogP contribution in [0.4, 0.5) is 5.69 Å². The standard InChI is InChI=1S/C19H29N3O2S/c1-14-8-4-5-9-15(14)20-18(23)12-22(2)13-19(24)21-16-10-6-7-11-17(16)25-3/h6-7,10-11,14-15H,4-5,8-9,12-13H2,1-3H3,(H,20,23)(H,21,24)/p+1/t14-,15+/m0/s1. The van der Waals surface area contributed by atoms with E-state index in [0.717, 1.165) is 21.9 Å². The second-order valence-electron chi connectivity index (χ2n) is 6.99. The van der Waals surface area contributed by atoms with Crippen LogP contribution in [0, 0.1) is 5.92 Å². The van der Waals surface area contributed by atoms with Crippen LogP contribution in [0.15, 0.2) is 29.2 Å². The molecule has 3 N–H and O–H groups in total. The zero-order chi connectivity index (χ0) is 18.2. The summed E-state index contributed by atoms with van der Waals surface area (Å²) in [6.45, 7) is 2.80.